The zero-order chi connectivity index (χ0) is 14.4. The minimum atomic E-state index is -0.638. The van der Waals surface area contributed by atoms with E-state index >= 15 is 0 Å². The van der Waals surface area contributed by atoms with E-state index in [2.05, 4.69) is 30.1 Å². The zero-order valence-electron chi connectivity index (χ0n) is 13.2. The van der Waals surface area contributed by atoms with Crippen molar-refractivity contribution in [2.45, 2.75) is 55.4 Å². The van der Waals surface area contributed by atoms with Crippen LogP contribution in [0.5, 0.6) is 0 Å². The summed E-state index contributed by atoms with van der Waals surface area (Å²) in [5, 5.41) is 0. The molecule has 0 spiro atoms. The fourth-order valence-electron chi connectivity index (χ4n) is 2.79. The second-order valence-electron chi connectivity index (χ2n) is 5.69. The minimum Gasteiger partial charge on any atom is -0.147 e. The first kappa shape index (κ1) is 22.0. The first-order valence-corrected chi connectivity index (χ1v) is 11.1. The first-order chi connectivity index (χ1) is 9.64. The molecule has 2 radical (unpaired) electrons. The van der Waals surface area contributed by atoms with Gasteiger partial charge in [-0.2, -0.15) is 0 Å². The Bertz CT molecular complexity index is 474. The third kappa shape index (κ3) is 6.26. The number of aliphatic imine (C=N–C) groups is 1. The summed E-state index contributed by atoms with van der Waals surface area (Å²) >= 11 is -0.638. The summed E-state index contributed by atoms with van der Waals surface area (Å²) in [6, 6.07) is 8.39. The fourth-order valence-corrected chi connectivity index (χ4v) is 4.83. The normalized spacial score (nSPS) is 17.3. The van der Waals surface area contributed by atoms with Crippen LogP contribution in [0.3, 0.4) is 0 Å². The smallest absolute Gasteiger partial charge is 0.147 e. The Labute approximate surface area is 156 Å². The van der Waals surface area contributed by atoms with E-state index in [-0.39, 0.29) is 30.4 Å². The molecule has 3 nitrogen and oxygen atoms in total. The van der Waals surface area contributed by atoms with E-state index in [0.717, 1.165) is 22.4 Å². The number of nitrogens with zero attached hydrogens (tertiary/aromatic N) is 1. The van der Waals surface area contributed by atoms with Gasteiger partial charge in [-0.3, -0.25) is 0 Å². The van der Waals surface area contributed by atoms with E-state index in [1.165, 1.54) is 35.7 Å². The Hall–Kier alpha value is 0.0287. The van der Waals surface area contributed by atoms with E-state index in [9.17, 15) is 0 Å². The van der Waals surface area contributed by atoms with Crippen molar-refractivity contribution in [3.63, 3.8) is 0 Å². The Balaban J connectivity index is 0.00000220. The van der Waals surface area contributed by atoms with Gasteiger partial charge in [0.15, 0.2) is 0 Å². The molecule has 0 unspecified atom stereocenters. The van der Waals surface area contributed by atoms with Crippen LogP contribution in [0.15, 0.2) is 29.3 Å². The van der Waals surface area contributed by atoms with Crippen LogP contribution < -0.4 is 11.5 Å². The summed E-state index contributed by atoms with van der Waals surface area (Å²) in [6.45, 7) is 2.20. The Morgan fingerprint density at radius 3 is 2.55 bits per heavy atom. The molecular weight excluding hydrogens is 424 g/mol. The predicted octanol–water partition coefficient (Wildman–Crippen LogP) is 4.13. The standard InChI is InChI=1S/C13H18N3.C3H7.2ClH.Sn/c14-10-16-12-6-4-5-11(9-12)13(15)7-2-1-3-8-13;1-3-2;;;/h4-6,9H,1-3,7-8,15H2,(H2,14,16);1,3H2,2H3;2*1H;. The van der Waals surface area contributed by atoms with Gasteiger partial charge < -0.3 is 0 Å². The molecular formula is C16H27Cl2N3Sn. The van der Waals surface area contributed by atoms with Gasteiger partial charge in [0.25, 0.3) is 0 Å². The van der Waals surface area contributed by atoms with Gasteiger partial charge in [0.2, 0.25) is 0 Å². The molecule has 0 atom stereocenters. The van der Waals surface area contributed by atoms with E-state index in [1.54, 1.807) is 0 Å². The molecule has 1 fully saturated rings. The summed E-state index contributed by atoms with van der Waals surface area (Å²) < 4.78 is 2.15. The van der Waals surface area contributed by atoms with Gasteiger partial charge in [-0.05, 0) is 0 Å². The largest absolute Gasteiger partial charge is 0.147 e. The molecule has 0 heterocycles. The van der Waals surface area contributed by atoms with Crippen LogP contribution in [0.1, 0.15) is 51.0 Å². The number of rotatable bonds is 5. The second-order valence-corrected chi connectivity index (χ2v) is 9.59. The Morgan fingerprint density at radius 2 is 1.91 bits per heavy atom. The van der Waals surface area contributed by atoms with Crippen LogP contribution in [0, 0.1) is 0 Å². The van der Waals surface area contributed by atoms with Crippen molar-refractivity contribution in [1.29, 1.82) is 0 Å². The van der Waals surface area contributed by atoms with Gasteiger partial charge in [-0.15, -0.1) is 24.8 Å². The SMILES string of the molecule is CC[CH2][Sn][C](N)=Nc1cccc(C2(N)CCCCC2)c1.Cl.Cl. The van der Waals surface area contributed by atoms with Crippen molar-refractivity contribution >= 4 is 55.5 Å². The molecule has 2 rings (SSSR count). The average Bonchev–Trinajstić information content (AvgIpc) is 2.46. The molecule has 6 heteroatoms. The average molecular weight is 451 g/mol. The summed E-state index contributed by atoms with van der Waals surface area (Å²) in [5.74, 6) is 0. The molecule has 0 bridgehead atoms. The van der Waals surface area contributed by atoms with Gasteiger partial charge in [-0.1, -0.05) is 0 Å². The third-order valence-electron chi connectivity index (χ3n) is 3.97. The molecule has 1 aromatic rings. The van der Waals surface area contributed by atoms with Crippen LogP contribution in [-0.4, -0.2) is 25.0 Å². The van der Waals surface area contributed by atoms with E-state index < -0.39 is 21.1 Å². The van der Waals surface area contributed by atoms with Crippen molar-refractivity contribution in [3.8, 4) is 0 Å². The fraction of sp³-hybridized carbons (Fsp3) is 0.562. The molecule has 1 aliphatic carbocycles. The van der Waals surface area contributed by atoms with Crippen molar-refractivity contribution in [3.05, 3.63) is 29.8 Å². The van der Waals surface area contributed by atoms with E-state index in [4.69, 9.17) is 11.5 Å². The topological polar surface area (TPSA) is 64.4 Å². The van der Waals surface area contributed by atoms with Crippen molar-refractivity contribution in [2.75, 3.05) is 0 Å². The number of nitrogens with two attached hydrogens (primary N) is 2. The van der Waals surface area contributed by atoms with Gasteiger partial charge in [-0.25, -0.2) is 0 Å². The molecule has 1 saturated carbocycles. The Morgan fingerprint density at radius 1 is 1.23 bits per heavy atom. The number of benzene rings is 1. The van der Waals surface area contributed by atoms with Gasteiger partial charge in [0, 0.05) is 0 Å². The van der Waals surface area contributed by atoms with Crippen molar-refractivity contribution in [1.82, 2.24) is 0 Å². The molecule has 1 aliphatic rings. The number of hydrogen-bond acceptors (Lipinski definition) is 2. The van der Waals surface area contributed by atoms with Crippen LogP contribution in [0.2, 0.25) is 4.44 Å². The molecule has 1 aromatic carbocycles. The van der Waals surface area contributed by atoms with Gasteiger partial charge >= 0.3 is 132 Å². The maximum atomic E-state index is 6.59. The Kier molecular flexibility index (Phi) is 10.8. The molecule has 0 amide bonds. The maximum absolute atomic E-state index is 6.59. The quantitative estimate of drug-likeness (QED) is 0.402. The van der Waals surface area contributed by atoms with Crippen LogP contribution in [-0.2, 0) is 5.54 Å². The molecule has 4 N–H and O–H groups in total. The van der Waals surface area contributed by atoms with Gasteiger partial charge in [0.05, 0.1) is 0 Å². The summed E-state index contributed by atoms with van der Waals surface area (Å²) in [4.78, 5) is 4.60. The number of halogens is 2. The third-order valence-corrected chi connectivity index (χ3v) is 7.47. The molecule has 124 valence electrons. The van der Waals surface area contributed by atoms with Crippen LogP contribution >= 0.6 is 24.8 Å². The molecule has 0 aromatic heterocycles. The molecule has 0 aliphatic heterocycles. The summed E-state index contributed by atoms with van der Waals surface area (Å²) in [7, 11) is 0. The van der Waals surface area contributed by atoms with E-state index in [1.807, 2.05) is 6.07 Å². The summed E-state index contributed by atoms with van der Waals surface area (Å²) in [6.07, 6.45) is 7.17. The van der Waals surface area contributed by atoms with Crippen LogP contribution in [0.25, 0.3) is 0 Å². The number of hydrogen-bond donors (Lipinski definition) is 2. The number of amidine groups is 1. The molecule has 0 saturated heterocycles. The maximum Gasteiger partial charge on any atom is -0.147 e. The zero-order valence-corrected chi connectivity index (χ0v) is 17.7. The molecule has 22 heavy (non-hydrogen) atoms. The van der Waals surface area contributed by atoms with Crippen molar-refractivity contribution < 1.29 is 0 Å². The monoisotopic (exact) mass is 451 g/mol. The summed E-state index contributed by atoms with van der Waals surface area (Å²) in [5.41, 5.74) is 14.7. The minimum absolute atomic E-state index is 0. The van der Waals surface area contributed by atoms with E-state index in [0.29, 0.717) is 0 Å². The predicted molar refractivity (Wildman–Crippen MR) is 102 cm³/mol. The van der Waals surface area contributed by atoms with Crippen molar-refractivity contribution in [2.24, 2.45) is 16.5 Å². The first-order valence-electron chi connectivity index (χ1n) is 7.61. The van der Waals surface area contributed by atoms with Crippen LogP contribution in [0.4, 0.5) is 5.69 Å². The van der Waals surface area contributed by atoms with Gasteiger partial charge in [0.1, 0.15) is 0 Å². The second kappa shape index (κ2) is 10.7.